The van der Waals surface area contributed by atoms with Gasteiger partial charge in [-0.1, -0.05) is 46.6 Å². The van der Waals surface area contributed by atoms with Crippen molar-refractivity contribution in [2.45, 2.75) is 16.8 Å². The fourth-order valence-electron chi connectivity index (χ4n) is 1.18. The van der Waals surface area contributed by atoms with E-state index in [4.69, 9.17) is 34.8 Å². The molecule has 2 rings (SSSR count). The molecule has 0 bridgehead atoms. The Kier molecular flexibility index (Phi) is 4.15. The van der Waals surface area contributed by atoms with E-state index < -0.39 is 0 Å². The van der Waals surface area contributed by atoms with Gasteiger partial charge in [0.2, 0.25) is 0 Å². The number of hydrogen-bond donors (Lipinski definition) is 0. The molecule has 0 atom stereocenters. The monoisotopic (exact) mass is 304 g/mol. The van der Waals surface area contributed by atoms with Crippen LogP contribution in [0.15, 0.2) is 34.4 Å². The van der Waals surface area contributed by atoms with Crippen molar-refractivity contribution in [1.82, 2.24) is 9.97 Å². The van der Waals surface area contributed by atoms with E-state index in [9.17, 15) is 0 Å². The maximum absolute atomic E-state index is 6.08. The fraction of sp³-hybridized carbons (Fsp3) is 0.0909. The summed E-state index contributed by atoms with van der Waals surface area (Å²) in [5, 5.41) is 2.48. The van der Waals surface area contributed by atoms with E-state index >= 15 is 0 Å². The second-order valence-corrected chi connectivity index (χ2v) is 5.50. The van der Waals surface area contributed by atoms with Crippen LogP contribution in [0.2, 0.25) is 15.2 Å². The van der Waals surface area contributed by atoms with E-state index in [-0.39, 0.29) is 0 Å². The highest BCUT2D eigenvalue weighted by Crippen LogP contribution is 2.36. The minimum Gasteiger partial charge on any atom is -0.229 e. The summed E-state index contributed by atoms with van der Waals surface area (Å²) in [4.78, 5) is 8.92. The summed E-state index contributed by atoms with van der Waals surface area (Å²) in [5.41, 5.74) is 0.829. The van der Waals surface area contributed by atoms with Crippen LogP contribution in [0.1, 0.15) is 5.56 Å². The molecule has 2 nitrogen and oxygen atoms in total. The molecule has 0 spiro atoms. The van der Waals surface area contributed by atoms with Gasteiger partial charge in [-0.15, -0.1) is 0 Å². The third kappa shape index (κ3) is 3.05. The Labute approximate surface area is 118 Å². The molecule has 88 valence electrons. The second-order valence-electron chi connectivity index (χ2n) is 3.27. The molecule has 1 aromatic carbocycles. The highest BCUT2D eigenvalue weighted by Gasteiger charge is 2.09. The molecule has 0 aliphatic heterocycles. The van der Waals surface area contributed by atoms with E-state index in [0.717, 1.165) is 15.5 Å². The van der Waals surface area contributed by atoms with Crippen LogP contribution in [-0.4, -0.2) is 9.97 Å². The van der Waals surface area contributed by atoms with Crippen LogP contribution in [0.3, 0.4) is 0 Å². The Bertz CT molecular complexity index is 560. The molecule has 0 N–H and O–H groups in total. The van der Waals surface area contributed by atoms with Crippen LogP contribution in [-0.2, 0) is 0 Å². The third-order valence-corrected chi connectivity index (χ3v) is 4.30. The number of nitrogens with zero attached hydrogens (tertiary/aromatic N) is 2. The summed E-state index contributed by atoms with van der Waals surface area (Å²) >= 11 is 19.4. The zero-order valence-corrected chi connectivity index (χ0v) is 11.8. The second kappa shape index (κ2) is 5.44. The summed E-state index contributed by atoms with van der Waals surface area (Å²) in [5.74, 6) is 0. The van der Waals surface area contributed by atoms with Crippen molar-refractivity contribution in [2.75, 3.05) is 0 Å². The van der Waals surface area contributed by atoms with Gasteiger partial charge in [0.1, 0.15) is 16.5 Å². The van der Waals surface area contributed by atoms with Gasteiger partial charge in [0.15, 0.2) is 0 Å². The summed E-state index contributed by atoms with van der Waals surface area (Å²) in [6.45, 7) is 1.86. The van der Waals surface area contributed by atoms with E-state index in [1.807, 2.05) is 6.92 Å². The largest absolute Gasteiger partial charge is 0.229 e. The number of benzene rings is 1. The summed E-state index contributed by atoms with van der Waals surface area (Å²) < 4.78 is 0. The van der Waals surface area contributed by atoms with E-state index in [2.05, 4.69) is 9.97 Å². The summed E-state index contributed by atoms with van der Waals surface area (Å²) in [7, 11) is 0. The van der Waals surface area contributed by atoms with Crippen molar-refractivity contribution >= 4 is 46.6 Å². The molecule has 1 aromatic heterocycles. The van der Waals surface area contributed by atoms with Gasteiger partial charge in [0, 0.05) is 15.5 Å². The fourth-order valence-corrected chi connectivity index (χ4v) is 2.74. The molecular weight excluding hydrogens is 299 g/mol. The van der Waals surface area contributed by atoms with Crippen molar-refractivity contribution in [3.05, 3.63) is 45.3 Å². The Morgan fingerprint density at radius 2 is 1.88 bits per heavy atom. The van der Waals surface area contributed by atoms with Gasteiger partial charge in [-0.05, 0) is 25.1 Å². The van der Waals surface area contributed by atoms with Crippen molar-refractivity contribution < 1.29 is 0 Å². The Hall–Kier alpha value is -0.480. The molecule has 0 aliphatic rings. The van der Waals surface area contributed by atoms with Crippen LogP contribution in [0.25, 0.3) is 0 Å². The maximum Gasteiger partial charge on any atom is 0.136 e. The van der Waals surface area contributed by atoms with Crippen LogP contribution in [0.4, 0.5) is 0 Å². The highest BCUT2D eigenvalue weighted by molar-refractivity contribution is 7.99. The number of hydrogen-bond acceptors (Lipinski definition) is 3. The van der Waals surface area contributed by atoms with Crippen LogP contribution in [0.5, 0.6) is 0 Å². The molecule has 0 aliphatic carbocycles. The third-order valence-electron chi connectivity index (χ3n) is 2.08. The predicted molar refractivity (Wildman–Crippen MR) is 72.4 cm³/mol. The highest BCUT2D eigenvalue weighted by atomic mass is 35.5. The lowest BCUT2D eigenvalue weighted by atomic mass is 10.4. The molecule has 0 unspecified atom stereocenters. The smallest absolute Gasteiger partial charge is 0.136 e. The standard InChI is InChI=1S/C11H7Cl3N2S/c1-6-10(14)15-5-16-11(6)17-9-4-7(12)2-3-8(9)13/h2-5H,1H3. The molecule has 2 aromatic rings. The minimum atomic E-state index is 0.445. The van der Waals surface area contributed by atoms with Gasteiger partial charge >= 0.3 is 0 Å². The molecular formula is C11H7Cl3N2S. The molecule has 0 saturated carbocycles. The average Bonchev–Trinajstić information content (AvgIpc) is 2.30. The number of halogens is 3. The SMILES string of the molecule is Cc1c(Cl)ncnc1Sc1cc(Cl)ccc1Cl. The van der Waals surface area contributed by atoms with Gasteiger partial charge in [-0.25, -0.2) is 9.97 Å². The topological polar surface area (TPSA) is 25.8 Å². The number of aromatic nitrogens is 2. The van der Waals surface area contributed by atoms with Crippen LogP contribution in [0, 0.1) is 6.92 Å². The zero-order chi connectivity index (χ0) is 12.4. The van der Waals surface area contributed by atoms with Gasteiger partial charge in [0.05, 0.1) is 5.02 Å². The van der Waals surface area contributed by atoms with Gasteiger partial charge in [-0.2, -0.15) is 0 Å². The predicted octanol–water partition coefficient (Wildman–Crippen LogP) is 4.90. The van der Waals surface area contributed by atoms with Gasteiger partial charge < -0.3 is 0 Å². The lowest BCUT2D eigenvalue weighted by molar-refractivity contribution is 1.00. The first kappa shape index (κ1) is 13.0. The number of rotatable bonds is 2. The molecule has 17 heavy (non-hydrogen) atoms. The minimum absolute atomic E-state index is 0.445. The Morgan fingerprint density at radius 1 is 1.12 bits per heavy atom. The summed E-state index contributed by atoms with van der Waals surface area (Å²) in [6.07, 6.45) is 1.43. The van der Waals surface area contributed by atoms with E-state index in [0.29, 0.717) is 15.2 Å². The zero-order valence-electron chi connectivity index (χ0n) is 8.75. The van der Waals surface area contributed by atoms with Gasteiger partial charge in [0.25, 0.3) is 0 Å². The van der Waals surface area contributed by atoms with Gasteiger partial charge in [-0.3, -0.25) is 0 Å². The first-order chi connectivity index (χ1) is 8.08. The van der Waals surface area contributed by atoms with Crippen molar-refractivity contribution in [1.29, 1.82) is 0 Å². The van der Waals surface area contributed by atoms with Crippen LogP contribution < -0.4 is 0 Å². The average molecular weight is 306 g/mol. The summed E-state index contributed by atoms with van der Waals surface area (Å²) in [6, 6.07) is 5.29. The maximum atomic E-state index is 6.08. The van der Waals surface area contributed by atoms with E-state index in [1.165, 1.54) is 18.1 Å². The first-order valence-corrected chi connectivity index (χ1v) is 6.63. The lowest BCUT2D eigenvalue weighted by Gasteiger charge is -2.06. The van der Waals surface area contributed by atoms with Crippen LogP contribution >= 0.6 is 46.6 Å². The Balaban J connectivity index is 2.38. The molecule has 0 fully saturated rings. The molecule has 0 saturated heterocycles. The quantitative estimate of drug-likeness (QED) is 0.738. The molecule has 1 heterocycles. The molecule has 6 heteroatoms. The molecule has 0 amide bonds. The normalized spacial score (nSPS) is 10.6. The van der Waals surface area contributed by atoms with Crippen molar-refractivity contribution in [2.24, 2.45) is 0 Å². The van der Waals surface area contributed by atoms with E-state index in [1.54, 1.807) is 18.2 Å². The molecule has 0 radical (unpaired) electrons. The van der Waals surface area contributed by atoms with Crippen molar-refractivity contribution in [3.8, 4) is 0 Å². The lowest BCUT2D eigenvalue weighted by Crippen LogP contribution is -1.89. The van der Waals surface area contributed by atoms with Crippen molar-refractivity contribution in [3.63, 3.8) is 0 Å². The first-order valence-electron chi connectivity index (χ1n) is 4.68. The Morgan fingerprint density at radius 3 is 2.65 bits per heavy atom.